The average molecular weight is 511 g/mol. The van der Waals surface area contributed by atoms with Crippen LogP contribution in [0, 0.1) is 5.41 Å². The zero-order valence-corrected chi connectivity index (χ0v) is 21.3. The highest BCUT2D eigenvalue weighted by Crippen LogP contribution is 2.39. The Kier molecular flexibility index (Phi) is 5.18. The summed E-state index contributed by atoms with van der Waals surface area (Å²) >= 11 is 0. The number of anilines is 1. The molecule has 0 amide bonds. The summed E-state index contributed by atoms with van der Waals surface area (Å²) in [4.78, 5) is 23.0. The first-order valence-electron chi connectivity index (χ1n) is 13.5. The van der Waals surface area contributed by atoms with Crippen molar-refractivity contribution in [2.45, 2.75) is 19.4 Å². The number of furan rings is 1. The molecule has 0 radical (unpaired) electrons. The number of ether oxygens (including phenoxy) is 2. The van der Waals surface area contributed by atoms with Crippen LogP contribution in [0.1, 0.15) is 18.4 Å². The number of nitrogens with one attached hydrogen (secondary N) is 1. The normalized spacial score (nSPS) is 20.1. The summed E-state index contributed by atoms with van der Waals surface area (Å²) in [5, 5.41) is 2.05. The second kappa shape index (κ2) is 8.76. The van der Waals surface area contributed by atoms with Crippen molar-refractivity contribution < 1.29 is 13.9 Å². The summed E-state index contributed by atoms with van der Waals surface area (Å²) in [5.74, 6) is 1.51. The summed E-state index contributed by atoms with van der Waals surface area (Å²) < 4.78 is 17.5. The molecule has 0 aliphatic carbocycles. The molecule has 7 heterocycles. The minimum Gasteiger partial charge on any atom is -0.432 e. The van der Waals surface area contributed by atoms with E-state index in [-0.39, 0.29) is 0 Å². The van der Waals surface area contributed by atoms with Crippen molar-refractivity contribution in [2.75, 3.05) is 57.5 Å². The zero-order valence-electron chi connectivity index (χ0n) is 21.3. The fraction of sp³-hybridized carbons (Fsp3) is 0.414. The van der Waals surface area contributed by atoms with E-state index in [2.05, 4.69) is 39.0 Å². The molecule has 5 aromatic rings. The van der Waals surface area contributed by atoms with E-state index in [4.69, 9.17) is 28.8 Å². The predicted octanol–water partition coefficient (Wildman–Crippen LogP) is 4.37. The maximum Gasteiger partial charge on any atom is 0.229 e. The first-order valence-corrected chi connectivity index (χ1v) is 13.5. The van der Waals surface area contributed by atoms with Crippen molar-refractivity contribution in [3.05, 3.63) is 48.3 Å². The van der Waals surface area contributed by atoms with Gasteiger partial charge in [-0.3, -0.25) is 4.90 Å². The number of aromatic amines is 1. The number of hydrogen-bond acceptors (Lipinski definition) is 8. The fourth-order valence-electron chi connectivity index (χ4n) is 6.16. The van der Waals surface area contributed by atoms with E-state index in [9.17, 15) is 0 Å². The smallest absolute Gasteiger partial charge is 0.229 e. The van der Waals surface area contributed by atoms with Gasteiger partial charge in [0, 0.05) is 53.9 Å². The molecule has 9 heteroatoms. The zero-order chi connectivity index (χ0) is 25.1. The number of hydrogen-bond donors (Lipinski definition) is 1. The number of likely N-dealkylation sites (tertiary alicyclic amines) is 1. The molecule has 3 aliphatic heterocycles. The third-order valence-electron chi connectivity index (χ3n) is 8.50. The van der Waals surface area contributed by atoms with Gasteiger partial charge in [-0.1, -0.05) is 12.1 Å². The number of piperidine rings is 1. The van der Waals surface area contributed by atoms with Crippen molar-refractivity contribution in [1.29, 1.82) is 0 Å². The molecule has 4 aromatic heterocycles. The summed E-state index contributed by atoms with van der Waals surface area (Å²) in [6.07, 6.45) is 6.33. The second-order valence-corrected chi connectivity index (χ2v) is 11.0. The predicted molar refractivity (Wildman–Crippen MR) is 145 cm³/mol. The largest absolute Gasteiger partial charge is 0.432 e. The van der Waals surface area contributed by atoms with Crippen LogP contribution in [0.3, 0.4) is 0 Å². The molecule has 1 aromatic carbocycles. The van der Waals surface area contributed by atoms with Crippen molar-refractivity contribution in [3.8, 4) is 11.4 Å². The van der Waals surface area contributed by atoms with Crippen LogP contribution in [-0.2, 0) is 16.0 Å². The summed E-state index contributed by atoms with van der Waals surface area (Å²) in [6, 6.07) is 10.5. The molecule has 0 bridgehead atoms. The molecule has 1 N–H and O–H groups in total. The Morgan fingerprint density at radius 1 is 0.947 bits per heavy atom. The van der Waals surface area contributed by atoms with Gasteiger partial charge in [0.1, 0.15) is 5.52 Å². The minimum atomic E-state index is 0.436. The molecule has 1 spiro atoms. The number of H-pyrrole nitrogens is 1. The Hall–Kier alpha value is -3.53. The van der Waals surface area contributed by atoms with Gasteiger partial charge in [0.05, 0.1) is 31.8 Å². The standard InChI is InChI=1S/C29H30N6O3/c1-2-21(20-4-7-30-23(20)3-1)26-32-24-22-14-19(16-34-8-5-29(6-9-34)17-37-18-29)15-31-28(22)38-25(24)27(33-26)35-10-12-36-13-11-35/h1-4,7,14-15,30H,5-6,8-13,16-18H2. The lowest BCUT2D eigenvalue weighted by Crippen LogP contribution is -2.50. The lowest BCUT2D eigenvalue weighted by atomic mass is 9.77. The van der Waals surface area contributed by atoms with Gasteiger partial charge in [0.15, 0.2) is 17.2 Å². The number of aromatic nitrogens is 4. The molecule has 0 atom stereocenters. The van der Waals surface area contributed by atoms with Gasteiger partial charge in [-0.05, 0) is 49.7 Å². The van der Waals surface area contributed by atoms with Gasteiger partial charge in [-0.2, -0.15) is 0 Å². The van der Waals surface area contributed by atoms with E-state index in [1.807, 2.05) is 18.5 Å². The molecule has 0 saturated carbocycles. The van der Waals surface area contributed by atoms with Crippen LogP contribution in [0.15, 0.2) is 47.1 Å². The van der Waals surface area contributed by atoms with E-state index >= 15 is 0 Å². The maximum atomic E-state index is 6.34. The first-order chi connectivity index (χ1) is 18.7. The second-order valence-electron chi connectivity index (χ2n) is 11.0. The van der Waals surface area contributed by atoms with Gasteiger partial charge >= 0.3 is 0 Å². The van der Waals surface area contributed by atoms with Crippen molar-refractivity contribution in [2.24, 2.45) is 5.41 Å². The molecule has 3 fully saturated rings. The van der Waals surface area contributed by atoms with Crippen LogP contribution < -0.4 is 4.90 Å². The Bertz CT molecular complexity index is 1640. The Morgan fingerprint density at radius 3 is 2.63 bits per heavy atom. The number of fused-ring (bicyclic) bond motifs is 4. The van der Waals surface area contributed by atoms with E-state index < -0.39 is 0 Å². The van der Waals surface area contributed by atoms with E-state index in [1.165, 1.54) is 18.4 Å². The quantitative estimate of drug-likeness (QED) is 0.381. The van der Waals surface area contributed by atoms with Crippen LogP contribution in [0.4, 0.5) is 5.82 Å². The summed E-state index contributed by atoms with van der Waals surface area (Å²) in [7, 11) is 0. The van der Waals surface area contributed by atoms with E-state index in [0.717, 1.165) is 79.1 Å². The van der Waals surface area contributed by atoms with Crippen molar-refractivity contribution in [3.63, 3.8) is 0 Å². The van der Waals surface area contributed by atoms with Gasteiger partial charge in [-0.15, -0.1) is 0 Å². The molecule has 9 nitrogen and oxygen atoms in total. The molecular weight excluding hydrogens is 480 g/mol. The maximum absolute atomic E-state index is 6.34. The Balaban J connectivity index is 1.22. The van der Waals surface area contributed by atoms with Gasteiger partial charge < -0.3 is 23.8 Å². The average Bonchev–Trinajstić information content (AvgIpc) is 3.57. The molecular formula is C29H30N6O3. The molecule has 8 rings (SSSR count). The number of pyridine rings is 1. The molecule has 3 aliphatic rings. The number of rotatable bonds is 4. The third-order valence-corrected chi connectivity index (χ3v) is 8.50. The number of benzene rings is 1. The van der Waals surface area contributed by atoms with Crippen LogP contribution >= 0.6 is 0 Å². The van der Waals surface area contributed by atoms with Crippen molar-refractivity contribution in [1.82, 2.24) is 24.8 Å². The third kappa shape index (κ3) is 3.68. The SMILES string of the molecule is c1cc(-c2nc(N3CCOCC3)c3oc4ncc(CN5CCC6(CC5)COC6)cc4c3n2)c2cc[nH]c2c1. The lowest BCUT2D eigenvalue weighted by molar-refractivity contribution is -0.140. The van der Waals surface area contributed by atoms with Crippen LogP contribution in [0.5, 0.6) is 0 Å². The van der Waals surface area contributed by atoms with Crippen LogP contribution in [0.2, 0.25) is 0 Å². The minimum absolute atomic E-state index is 0.436. The molecule has 3 saturated heterocycles. The van der Waals surface area contributed by atoms with Gasteiger partial charge in [0.2, 0.25) is 5.71 Å². The highest BCUT2D eigenvalue weighted by Gasteiger charge is 2.41. The number of morpholine rings is 1. The van der Waals surface area contributed by atoms with Gasteiger partial charge in [-0.25, -0.2) is 15.0 Å². The molecule has 0 unspecified atom stereocenters. The highest BCUT2D eigenvalue weighted by atomic mass is 16.5. The first kappa shape index (κ1) is 22.5. The summed E-state index contributed by atoms with van der Waals surface area (Å²) in [6.45, 7) is 7.79. The molecule has 194 valence electrons. The Morgan fingerprint density at radius 2 is 1.82 bits per heavy atom. The fourth-order valence-corrected chi connectivity index (χ4v) is 6.16. The lowest BCUT2D eigenvalue weighted by Gasteiger charge is -2.47. The topological polar surface area (TPSA) is 92.5 Å². The van der Waals surface area contributed by atoms with Crippen LogP contribution in [-0.4, -0.2) is 77.4 Å². The molecule has 38 heavy (non-hydrogen) atoms. The van der Waals surface area contributed by atoms with Crippen LogP contribution in [0.25, 0.3) is 44.5 Å². The monoisotopic (exact) mass is 510 g/mol. The van der Waals surface area contributed by atoms with E-state index in [1.54, 1.807) is 0 Å². The number of nitrogens with zero attached hydrogens (tertiary/aromatic N) is 5. The Labute approximate surface area is 219 Å². The highest BCUT2D eigenvalue weighted by molar-refractivity contribution is 6.06. The van der Waals surface area contributed by atoms with E-state index in [0.29, 0.717) is 35.7 Å². The van der Waals surface area contributed by atoms with Gasteiger partial charge in [0.25, 0.3) is 0 Å². The summed E-state index contributed by atoms with van der Waals surface area (Å²) in [5.41, 5.74) is 5.80. The van der Waals surface area contributed by atoms with Crippen molar-refractivity contribution >= 4 is 38.9 Å².